The van der Waals surface area contributed by atoms with Crippen molar-refractivity contribution in [3.63, 3.8) is 0 Å². The lowest BCUT2D eigenvalue weighted by Crippen LogP contribution is -2.39. The summed E-state index contributed by atoms with van der Waals surface area (Å²) in [5.41, 5.74) is 4.57. The molecule has 0 radical (unpaired) electrons. The number of alkyl halides is 3. The van der Waals surface area contributed by atoms with Crippen LogP contribution in [0.25, 0.3) is 0 Å². The first kappa shape index (κ1) is 13.2. The van der Waals surface area contributed by atoms with E-state index in [0.717, 1.165) is 6.33 Å². The van der Waals surface area contributed by atoms with Gasteiger partial charge in [-0.1, -0.05) is 0 Å². The zero-order valence-electron chi connectivity index (χ0n) is 8.25. The van der Waals surface area contributed by atoms with Crippen LogP contribution < -0.4 is 11.3 Å². The van der Waals surface area contributed by atoms with Gasteiger partial charge < -0.3 is 5.73 Å². The summed E-state index contributed by atoms with van der Waals surface area (Å²) in [5.74, 6) is 0. The van der Waals surface area contributed by atoms with E-state index in [1.807, 2.05) is 0 Å². The van der Waals surface area contributed by atoms with Crippen molar-refractivity contribution in [2.75, 3.05) is 6.54 Å². The first-order valence-corrected chi connectivity index (χ1v) is 5.08. The van der Waals surface area contributed by atoms with Crippen LogP contribution in [0.15, 0.2) is 15.6 Å². The van der Waals surface area contributed by atoms with Crippen LogP contribution in [0.5, 0.6) is 0 Å². The Kier molecular flexibility index (Phi) is 3.74. The van der Waals surface area contributed by atoms with E-state index in [2.05, 4.69) is 20.9 Å². The number of aromatic nitrogens is 2. The molecular weight excluding hydrogens is 291 g/mol. The maximum Gasteiger partial charge on any atom is 0.410 e. The average Bonchev–Trinajstić information content (AvgIpc) is 2.17. The van der Waals surface area contributed by atoms with E-state index in [4.69, 9.17) is 5.73 Å². The van der Waals surface area contributed by atoms with E-state index in [0.29, 0.717) is 10.3 Å². The lowest BCUT2D eigenvalue weighted by Gasteiger charge is -2.20. The summed E-state index contributed by atoms with van der Waals surface area (Å²) in [6.45, 7) is 0.807. The van der Waals surface area contributed by atoms with E-state index in [-0.39, 0.29) is 4.47 Å². The third-order valence-electron chi connectivity index (χ3n) is 2.05. The molecule has 0 saturated heterocycles. The predicted octanol–water partition coefficient (Wildman–Crippen LogP) is 1.38. The van der Waals surface area contributed by atoms with Crippen LogP contribution in [0.3, 0.4) is 0 Å². The molecular formula is C8H9BrF3N3O. The van der Waals surface area contributed by atoms with Crippen molar-refractivity contribution < 1.29 is 13.2 Å². The molecule has 0 bridgehead atoms. The van der Waals surface area contributed by atoms with E-state index in [1.165, 1.54) is 6.92 Å². The molecule has 90 valence electrons. The Labute approximate surface area is 97.4 Å². The highest BCUT2D eigenvalue weighted by Gasteiger charge is 2.40. The van der Waals surface area contributed by atoms with E-state index >= 15 is 0 Å². The maximum absolute atomic E-state index is 12.5. The van der Waals surface area contributed by atoms with E-state index in [1.54, 1.807) is 0 Å². The second-order valence-electron chi connectivity index (χ2n) is 3.15. The summed E-state index contributed by atoms with van der Waals surface area (Å²) in [5, 5.41) is 0. The quantitative estimate of drug-likeness (QED) is 0.897. The van der Waals surface area contributed by atoms with Crippen LogP contribution in [-0.2, 0) is 0 Å². The SMILES string of the molecule is Cc1ncn(C(CN)C(F)(F)F)c(=O)c1Br. The summed E-state index contributed by atoms with van der Waals surface area (Å²) in [6, 6.07) is -2.05. The van der Waals surface area contributed by atoms with Gasteiger partial charge in [-0.3, -0.25) is 9.36 Å². The minimum absolute atomic E-state index is 0.0118. The molecule has 2 N–H and O–H groups in total. The number of nitrogens with two attached hydrogens (primary N) is 1. The Hall–Kier alpha value is -0.890. The molecule has 0 saturated carbocycles. The van der Waals surface area contributed by atoms with Crippen LogP contribution in [0, 0.1) is 6.92 Å². The molecule has 0 amide bonds. The van der Waals surface area contributed by atoms with Gasteiger partial charge in [-0.2, -0.15) is 13.2 Å². The van der Waals surface area contributed by atoms with Gasteiger partial charge in [0.25, 0.3) is 5.56 Å². The highest BCUT2D eigenvalue weighted by Crippen LogP contribution is 2.28. The van der Waals surface area contributed by atoms with Gasteiger partial charge in [-0.05, 0) is 22.9 Å². The zero-order chi connectivity index (χ0) is 12.5. The lowest BCUT2D eigenvalue weighted by molar-refractivity contribution is -0.165. The van der Waals surface area contributed by atoms with Crippen molar-refractivity contribution in [3.8, 4) is 0 Å². The Bertz CT molecular complexity index is 443. The molecule has 0 spiro atoms. The number of halogens is 4. The molecule has 1 aromatic rings. The number of hydrogen-bond donors (Lipinski definition) is 1. The highest BCUT2D eigenvalue weighted by atomic mass is 79.9. The second kappa shape index (κ2) is 4.54. The van der Waals surface area contributed by atoms with Crippen molar-refractivity contribution in [2.24, 2.45) is 5.73 Å². The van der Waals surface area contributed by atoms with Gasteiger partial charge in [0, 0.05) is 6.54 Å². The fourth-order valence-electron chi connectivity index (χ4n) is 1.15. The van der Waals surface area contributed by atoms with Crippen LogP contribution in [0.4, 0.5) is 13.2 Å². The highest BCUT2D eigenvalue weighted by molar-refractivity contribution is 9.10. The van der Waals surface area contributed by atoms with Crippen molar-refractivity contribution in [1.82, 2.24) is 9.55 Å². The molecule has 1 aromatic heterocycles. The normalized spacial score (nSPS) is 13.9. The fourth-order valence-corrected chi connectivity index (χ4v) is 1.46. The second-order valence-corrected chi connectivity index (χ2v) is 3.94. The van der Waals surface area contributed by atoms with Crippen molar-refractivity contribution in [3.05, 3.63) is 26.8 Å². The first-order chi connectivity index (χ1) is 7.29. The van der Waals surface area contributed by atoms with Gasteiger partial charge in [0.2, 0.25) is 0 Å². The number of nitrogens with zero attached hydrogens (tertiary/aromatic N) is 2. The van der Waals surface area contributed by atoms with E-state index in [9.17, 15) is 18.0 Å². The Morgan fingerprint density at radius 1 is 1.62 bits per heavy atom. The smallest absolute Gasteiger partial charge is 0.328 e. The van der Waals surface area contributed by atoms with Crippen LogP contribution in [-0.4, -0.2) is 22.3 Å². The third kappa shape index (κ3) is 2.43. The first-order valence-electron chi connectivity index (χ1n) is 4.29. The molecule has 1 atom stereocenters. The van der Waals surface area contributed by atoms with E-state index < -0.39 is 24.3 Å². The van der Waals surface area contributed by atoms with Crippen molar-refractivity contribution >= 4 is 15.9 Å². The summed E-state index contributed by atoms with van der Waals surface area (Å²) in [4.78, 5) is 15.2. The monoisotopic (exact) mass is 299 g/mol. The minimum atomic E-state index is -4.57. The average molecular weight is 300 g/mol. The van der Waals surface area contributed by atoms with Gasteiger partial charge in [-0.15, -0.1) is 0 Å². The van der Waals surface area contributed by atoms with Gasteiger partial charge in [0.15, 0.2) is 0 Å². The number of aryl methyl sites for hydroxylation is 1. The fraction of sp³-hybridized carbons (Fsp3) is 0.500. The summed E-state index contributed by atoms with van der Waals surface area (Å²) in [6.07, 6.45) is -3.72. The minimum Gasteiger partial charge on any atom is -0.328 e. The Balaban J connectivity index is 3.33. The largest absolute Gasteiger partial charge is 0.410 e. The molecule has 16 heavy (non-hydrogen) atoms. The summed E-state index contributed by atoms with van der Waals surface area (Å²) in [7, 11) is 0. The molecule has 8 heteroatoms. The lowest BCUT2D eigenvalue weighted by atomic mass is 10.3. The molecule has 1 unspecified atom stereocenters. The van der Waals surface area contributed by atoms with Gasteiger partial charge >= 0.3 is 6.18 Å². The molecule has 1 heterocycles. The molecule has 0 aromatic carbocycles. The molecule has 0 aliphatic carbocycles. The summed E-state index contributed by atoms with van der Waals surface area (Å²) < 4.78 is 38.1. The van der Waals surface area contributed by atoms with Crippen LogP contribution >= 0.6 is 15.9 Å². The van der Waals surface area contributed by atoms with Crippen LogP contribution in [0.2, 0.25) is 0 Å². The van der Waals surface area contributed by atoms with Gasteiger partial charge in [-0.25, -0.2) is 4.98 Å². The predicted molar refractivity (Wildman–Crippen MR) is 55.1 cm³/mol. The Morgan fingerprint density at radius 2 is 2.19 bits per heavy atom. The molecule has 1 rings (SSSR count). The van der Waals surface area contributed by atoms with Gasteiger partial charge in [0.05, 0.1) is 12.0 Å². The standard InChI is InChI=1S/C8H9BrF3N3O/c1-4-6(9)7(16)15(3-14-4)5(2-13)8(10,11)12/h3,5H,2,13H2,1H3. The molecule has 0 fully saturated rings. The van der Waals surface area contributed by atoms with Gasteiger partial charge in [0.1, 0.15) is 10.5 Å². The molecule has 0 aliphatic heterocycles. The van der Waals surface area contributed by atoms with Crippen molar-refractivity contribution in [1.29, 1.82) is 0 Å². The molecule has 4 nitrogen and oxygen atoms in total. The van der Waals surface area contributed by atoms with Crippen molar-refractivity contribution in [2.45, 2.75) is 19.1 Å². The maximum atomic E-state index is 12.5. The third-order valence-corrected chi connectivity index (χ3v) is 2.97. The topological polar surface area (TPSA) is 60.9 Å². The molecule has 0 aliphatic rings. The summed E-state index contributed by atoms with van der Waals surface area (Å²) >= 11 is 2.89. The number of hydrogen-bond acceptors (Lipinski definition) is 3. The van der Waals surface area contributed by atoms with Crippen LogP contribution in [0.1, 0.15) is 11.7 Å². The Morgan fingerprint density at radius 3 is 2.62 bits per heavy atom. The number of rotatable bonds is 2. The zero-order valence-corrected chi connectivity index (χ0v) is 9.84.